The van der Waals surface area contributed by atoms with Crippen LogP contribution in [0.3, 0.4) is 0 Å². The molecule has 0 spiro atoms. The topological polar surface area (TPSA) is 47.7 Å². The fourth-order valence-electron chi connectivity index (χ4n) is 3.94. The third kappa shape index (κ3) is 4.53. The van der Waals surface area contributed by atoms with Crippen molar-refractivity contribution >= 4 is 11.0 Å². The predicted molar refractivity (Wildman–Crippen MR) is 109 cm³/mol. The maximum atomic E-state index is 13.4. The van der Waals surface area contributed by atoms with Crippen molar-refractivity contribution in [2.45, 2.75) is 38.2 Å². The molecule has 1 aromatic heterocycles. The van der Waals surface area contributed by atoms with Gasteiger partial charge < -0.3 is 18.9 Å². The van der Waals surface area contributed by atoms with E-state index in [-0.39, 0.29) is 11.9 Å². The number of aromatic nitrogens is 1. The van der Waals surface area contributed by atoms with E-state index >= 15 is 0 Å². The molecule has 1 saturated heterocycles. The monoisotopic (exact) mass is 397 g/mol. The first-order chi connectivity index (χ1) is 14.1. The van der Waals surface area contributed by atoms with Gasteiger partial charge in [-0.1, -0.05) is 17.3 Å². The van der Waals surface area contributed by atoms with Crippen LogP contribution in [0.15, 0.2) is 40.9 Å². The smallest absolute Gasteiger partial charge is 0.170 e. The number of nitrogens with zero attached hydrogens (tertiary/aromatic N) is 2. The Balaban J connectivity index is 1.27. The Kier molecular flexibility index (Phi) is 6.00. The molecule has 1 radical (unpaired) electrons. The van der Waals surface area contributed by atoms with Crippen molar-refractivity contribution in [2.24, 2.45) is 0 Å². The highest BCUT2D eigenvalue weighted by atomic mass is 19.1. The maximum Gasteiger partial charge on any atom is 0.170 e. The highest BCUT2D eigenvalue weighted by molar-refractivity contribution is 5.79. The minimum Gasteiger partial charge on any atom is -0.493 e. The second kappa shape index (κ2) is 8.82. The first-order valence-electron chi connectivity index (χ1n) is 10.1. The lowest BCUT2D eigenvalue weighted by molar-refractivity contribution is 0.153. The molecule has 1 aliphatic heterocycles. The van der Waals surface area contributed by atoms with Crippen LogP contribution in [-0.4, -0.2) is 42.9 Å². The molecule has 6 heteroatoms. The fourth-order valence-corrected chi connectivity index (χ4v) is 3.94. The Morgan fingerprint density at radius 1 is 1.31 bits per heavy atom. The average molecular weight is 397 g/mol. The van der Waals surface area contributed by atoms with E-state index in [9.17, 15) is 4.39 Å². The lowest BCUT2D eigenvalue weighted by atomic mass is 9.91. The van der Waals surface area contributed by atoms with Crippen molar-refractivity contribution in [2.75, 3.05) is 26.7 Å². The van der Waals surface area contributed by atoms with E-state index in [1.165, 1.54) is 12.1 Å². The molecular weight excluding hydrogens is 371 g/mol. The van der Waals surface area contributed by atoms with Crippen molar-refractivity contribution in [3.05, 3.63) is 54.0 Å². The van der Waals surface area contributed by atoms with E-state index in [1.807, 2.05) is 18.2 Å². The van der Waals surface area contributed by atoms with Crippen LogP contribution in [0.5, 0.6) is 11.5 Å². The zero-order valence-corrected chi connectivity index (χ0v) is 16.9. The molecule has 29 heavy (non-hydrogen) atoms. The minimum atomic E-state index is -0.294. The van der Waals surface area contributed by atoms with Crippen LogP contribution in [0.1, 0.15) is 37.8 Å². The van der Waals surface area contributed by atoms with Gasteiger partial charge in [0, 0.05) is 30.0 Å². The number of ether oxygens (including phenoxy) is 2. The molecule has 153 valence electrons. The van der Waals surface area contributed by atoms with Crippen molar-refractivity contribution in [1.82, 2.24) is 10.1 Å². The van der Waals surface area contributed by atoms with Crippen LogP contribution in [0, 0.1) is 11.9 Å². The number of likely N-dealkylation sites (tertiary alicyclic amines) is 1. The summed E-state index contributed by atoms with van der Waals surface area (Å²) in [5.74, 6) is 1.43. The summed E-state index contributed by atoms with van der Waals surface area (Å²) >= 11 is 0. The van der Waals surface area contributed by atoms with Gasteiger partial charge in [0.15, 0.2) is 17.1 Å². The van der Waals surface area contributed by atoms with Crippen LogP contribution >= 0.6 is 0 Å². The molecule has 4 rings (SSSR count). The molecule has 0 aliphatic carbocycles. The van der Waals surface area contributed by atoms with Gasteiger partial charge in [0.1, 0.15) is 5.82 Å². The van der Waals surface area contributed by atoms with Gasteiger partial charge in [0.25, 0.3) is 0 Å². The van der Waals surface area contributed by atoms with Crippen molar-refractivity contribution in [3.8, 4) is 11.5 Å². The number of halogens is 1. The number of fused-ring (bicyclic) bond motifs is 1. The van der Waals surface area contributed by atoms with Gasteiger partial charge in [-0.05, 0) is 57.5 Å². The Bertz CT molecular complexity index is 950. The summed E-state index contributed by atoms with van der Waals surface area (Å²) in [6, 6.07) is 13.3. The van der Waals surface area contributed by atoms with Crippen molar-refractivity contribution in [3.63, 3.8) is 0 Å². The average Bonchev–Trinajstić information content (AvgIpc) is 3.16. The third-order valence-electron chi connectivity index (χ3n) is 5.61. The van der Waals surface area contributed by atoms with Crippen LogP contribution in [0.2, 0.25) is 0 Å². The Hall–Kier alpha value is -2.60. The van der Waals surface area contributed by atoms with Crippen LogP contribution in [0.25, 0.3) is 11.0 Å². The highest BCUT2D eigenvalue weighted by Gasteiger charge is 2.25. The normalized spacial score (nSPS) is 16.8. The fraction of sp³-hybridized carbons (Fsp3) is 0.435. The zero-order valence-electron chi connectivity index (χ0n) is 16.9. The Morgan fingerprint density at radius 2 is 2.14 bits per heavy atom. The summed E-state index contributed by atoms with van der Waals surface area (Å²) in [4.78, 5) is 2.46. The molecule has 1 atom stereocenters. The molecule has 2 heterocycles. The molecule has 3 aromatic rings. The standard InChI is InChI=1S/C23H26FN2O3/c1-16(28-21-6-4-3-5-20(21)27-2)9-12-26-13-10-17(11-14-26)23-19-8-7-18(24)15-22(19)29-25-23/h3-5,7-8,15-17H,9-14H2,1-2H3. The van der Waals surface area contributed by atoms with E-state index < -0.39 is 0 Å². The van der Waals surface area contributed by atoms with Gasteiger partial charge in [0.05, 0.1) is 18.9 Å². The predicted octanol–water partition coefficient (Wildman–Crippen LogP) is 4.81. The summed E-state index contributed by atoms with van der Waals surface area (Å²) in [5, 5.41) is 5.16. The summed E-state index contributed by atoms with van der Waals surface area (Å²) in [6.07, 6.45) is 3.06. The second-order valence-electron chi connectivity index (χ2n) is 7.61. The first kappa shape index (κ1) is 19.7. The molecule has 1 aliphatic rings. The third-order valence-corrected chi connectivity index (χ3v) is 5.61. The van der Waals surface area contributed by atoms with Gasteiger partial charge in [-0.25, -0.2) is 4.39 Å². The molecule has 1 fully saturated rings. The van der Waals surface area contributed by atoms with Gasteiger partial charge in [-0.2, -0.15) is 0 Å². The zero-order chi connectivity index (χ0) is 20.2. The molecule has 0 amide bonds. The van der Waals surface area contributed by atoms with Gasteiger partial charge in [0.2, 0.25) is 0 Å². The second-order valence-corrected chi connectivity index (χ2v) is 7.61. The van der Waals surface area contributed by atoms with Crippen LogP contribution in [0.4, 0.5) is 4.39 Å². The lowest BCUT2D eigenvalue weighted by Gasteiger charge is -2.31. The number of piperidine rings is 1. The molecule has 0 saturated carbocycles. The largest absolute Gasteiger partial charge is 0.493 e. The van der Waals surface area contributed by atoms with E-state index in [2.05, 4.69) is 23.0 Å². The van der Waals surface area contributed by atoms with E-state index in [0.29, 0.717) is 23.0 Å². The Morgan fingerprint density at radius 3 is 2.93 bits per heavy atom. The molecule has 0 N–H and O–H groups in total. The maximum absolute atomic E-state index is 13.4. The number of para-hydroxylation sites is 1. The summed E-state index contributed by atoms with van der Waals surface area (Å²) < 4.78 is 30.0. The number of hydrogen-bond donors (Lipinski definition) is 0. The first-order valence-corrected chi connectivity index (χ1v) is 10.1. The summed E-state index contributed by atoms with van der Waals surface area (Å²) in [7, 11) is 1.64. The van der Waals surface area contributed by atoms with E-state index in [4.69, 9.17) is 14.0 Å². The lowest BCUT2D eigenvalue weighted by Crippen LogP contribution is -2.35. The van der Waals surface area contributed by atoms with Gasteiger partial charge in [-0.15, -0.1) is 0 Å². The molecule has 1 unspecified atom stereocenters. The SMILES string of the molecule is COc1ccc[c]c1OC(C)CCN1CCC(c2noc3cc(F)ccc23)CC1. The Labute approximate surface area is 170 Å². The quantitative estimate of drug-likeness (QED) is 0.572. The molecular formula is C23H26FN2O3. The molecule has 0 bridgehead atoms. The van der Waals surface area contributed by atoms with Crippen LogP contribution in [-0.2, 0) is 0 Å². The number of hydrogen-bond acceptors (Lipinski definition) is 5. The summed E-state index contributed by atoms with van der Waals surface area (Å²) in [5.41, 5.74) is 1.49. The summed E-state index contributed by atoms with van der Waals surface area (Å²) in [6.45, 7) is 5.07. The molecule has 5 nitrogen and oxygen atoms in total. The van der Waals surface area contributed by atoms with Gasteiger partial charge in [-0.3, -0.25) is 0 Å². The number of rotatable bonds is 7. The van der Waals surface area contributed by atoms with Crippen LogP contribution < -0.4 is 9.47 Å². The van der Waals surface area contributed by atoms with E-state index in [0.717, 1.165) is 50.0 Å². The number of benzene rings is 2. The number of methoxy groups -OCH3 is 1. The van der Waals surface area contributed by atoms with E-state index in [1.54, 1.807) is 13.2 Å². The minimum absolute atomic E-state index is 0.0784. The highest BCUT2D eigenvalue weighted by Crippen LogP contribution is 2.33. The van der Waals surface area contributed by atoms with Crippen molar-refractivity contribution in [1.29, 1.82) is 0 Å². The van der Waals surface area contributed by atoms with Gasteiger partial charge >= 0.3 is 0 Å². The molecule has 2 aromatic carbocycles. The van der Waals surface area contributed by atoms with Crippen molar-refractivity contribution < 1.29 is 18.4 Å².